The number of amides is 2. The highest BCUT2D eigenvalue weighted by molar-refractivity contribution is 14.1. The van der Waals surface area contributed by atoms with Crippen molar-refractivity contribution in [2.75, 3.05) is 16.5 Å². The second-order valence-electron chi connectivity index (χ2n) is 6.83. The van der Waals surface area contributed by atoms with Gasteiger partial charge < -0.3 is 10.1 Å². The molecule has 1 heterocycles. The normalized spacial score (nSPS) is 14.7. The van der Waals surface area contributed by atoms with Gasteiger partial charge in [-0.05, 0) is 37.6 Å². The molecule has 0 unspecified atom stereocenters. The van der Waals surface area contributed by atoms with Gasteiger partial charge in [-0.3, -0.25) is 14.5 Å². The molecule has 1 aliphatic heterocycles. The lowest BCUT2D eigenvalue weighted by Crippen LogP contribution is -2.57. The van der Waals surface area contributed by atoms with Crippen molar-refractivity contribution in [2.45, 2.75) is 19.4 Å². The molecule has 0 aliphatic carbocycles. The van der Waals surface area contributed by atoms with Gasteiger partial charge in [-0.15, -0.1) is 0 Å². The van der Waals surface area contributed by atoms with E-state index in [4.69, 9.17) is 16.3 Å². The number of hydrogen-bond donors (Lipinski definition) is 1. The van der Waals surface area contributed by atoms with E-state index in [2.05, 4.69) is 27.9 Å². The first kappa shape index (κ1) is 20.7. The van der Waals surface area contributed by atoms with E-state index in [9.17, 15) is 9.59 Å². The fraction of sp³-hybridized carbons (Fsp3) is 0.238. The maximum absolute atomic E-state index is 13.3. The Hall–Kier alpha value is -2.06. The highest BCUT2D eigenvalue weighted by atomic mass is 127. The van der Waals surface area contributed by atoms with Gasteiger partial charge in [-0.2, -0.15) is 0 Å². The van der Waals surface area contributed by atoms with Crippen LogP contribution in [0.25, 0.3) is 5.57 Å². The number of halogens is 2. The van der Waals surface area contributed by atoms with Gasteiger partial charge in [0.2, 0.25) is 5.91 Å². The molecule has 0 radical (unpaired) electrons. The lowest BCUT2D eigenvalue weighted by molar-refractivity contribution is -0.147. The average molecular weight is 511 g/mol. The maximum Gasteiger partial charge on any atom is 0.261 e. The predicted octanol–water partition coefficient (Wildman–Crippen LogP) is 4.72. The van der Waals surface area contributed by atoms with E-state index in [0.29, 0.717) is 26.5 Å². The second-order valence-corrected chi connectivity index (χ2v) is 8.03. The Kier molecular flexibility index (Phi) is 6.30. The SMILES string of the molecule is CC(C)(C(=O)Nc1cccc(Cl)c1)N1COC(CI)=C(c2ccccc2)C1=O. The van der Waals surface area contributed by atoms with Crippen LogP contribution in [0.2, 0.25) is 5.02 Å². The molecule has 2 aromatic carbocycles. The van der Waals surface area contributed by atoms with Crippen molar-refractivity contribution < 1.29 is 14.3 Å². The summed E-state index contributed by atoms with van der Waals surface area (Å²) in [6.45, 7) is 3.42. The van der Waals surface area contributed by atoms with Crippen molar-refractivity contribution in [1.82, 2.24) is 4.90 Å². The summed E-state index contributed by atoms with van der Waals surface area (Å²) in [7, 11) is 0. The van der Waals surface area contributed by atoms with Crippen molar-refractivity contribution >= 4 is 57.3 Å². The van der Waals surface area contributed by atoms with Gasteiger partial charge in [0.1, 0.15) is 11.3 Å². The van der Waals surface area contributed by atoms with Crippen LogP contribution in [-0.4, -0.2) is 33.4 Å². The van der Waals surface area contributed by atoms with E-state index in [1.165, 1.54) is 4.90 Å². The van der Waals surface area contributed by atoms with Crippen molar-refractivity contribution in [3.05, 3.63) is 70.9 Å². The number of nitrogens with zero attached hydrogens (tertiary/aromatic N) is 1. The molecule has 1 N–H and O–H groups in total. The molecule has 2 amide bonds. The first-order valence-electron chi connectivity index (χ1n) is 8.71. The van der Waals surface area contributed by atoms with Crippen molar-refractivity contribution in [3.63, 3.8) is 0 Å². The van der Waals surface area contributed by atoms with Crippen molar-refractivity contribution in [2.24, 2.45) is 0 Å². The molecule has 28 heavy (non-hydrogen) atoms. The Labute approximate surface area is 182 Å². The number of carbonyl (C=O) groups excluding carboxylic acids is 2. The lowest BCUT2D eigenvalue weighted by Gasteiger charge is -2.40. The molecule has 0 fully saturated rings. The quantitative estimate of drug-likeness (QED) is 0.468. The predicted molar refractivity (Wildman–Crippen MR) is 119 cm³/mol. The summed E-state index contributed by atoms with van der Waals surface area (Å²) in [5.74, 6) is 0.0755. The number of carbonyl (C=O) groups is 2. The van der Waals surface area contributed by atoms with Crippen LogP contribution in [-0.2, 0) is 14.3 Å². The number of hydrogen-bond acceptors (Lipinski definition) is 3. The number of benzene rings is 2. The first-order valence-corrected chi connectivity index (χ1v) is 10.6. The van der Waals surface area contributed by atoms with Crippen LogP contribution in [0.1, 0.15) is 19.4 Å². The third-order valence-electron chi connectivity index (χ3n) is 4.60. The molecule has 0 bridgehead atoms. The molecule has 2 aromatic rings. The first-order chi connectivity index (χ1) is 13.3. The van der Waals surface area contributed by atoms with E-state index in [1.807, 2.05) is 30.3 Å². The smallest absolute Gasteiger partial charge is 0.261 e. The van der Waals surface area contributed by atoms with E-state index in [-0.39, 0.29) is 18.5 Å². The third kappa shape index (κ3) is 4.17. The zero-order valence-electron chi connectivity index (χ0n) is 15.5. The maximum atomic E-state index is 13.3. The molecule has 0 saturated carbocycles. The number of allylic oxidation sites excluding steroid dienone is 1. The van der Waals surface area contributed by atoms with E-state index >= 15 is 0 Å². The van der Waals surface area contributed by atoms with Crippen LogP contribution >= 0.6 is 34.2 Å². The largest absolute Gasteiger partial charge is 0.476 e. The molecule has 7 heteroatoms. The molecule has 5 nitrogen and oxygen atoms in total. The molecular weight excluding hydrogens is 491 g/mol. The van der Waals surface area contributed by atoms with Crippen LogP contribution in [0.15, 0.2) is 60.4 Å². The summed E-state index contributed by atoms with van der Waals surface area (Å²) >= 11 is 8.16. The highest BCUT2D eigenvalue weighted by Crippen LogP contribution is 2.32. The Morgan fingerprint density at radius 3 is 2.57 bits per heavy atom. The van der Waals surface area contributed by atoms with Gasteiger partial charge in [0.05, 0.1) is 10.0 Å². The monoisotopic (exact) mass is 510 g/mol. The van der Waals surface area contributed by atoms with Crippen LogP contribution in [0, 0.1) is 0 Å². The number of ether oxygens (including phenoxy) is 1. The lowest BCUT2D eigenvalue weighted by atomic mass is 9.96. The summed E-state index contributed by atoms with van der Waals surface area (Å²) in [6, 6.07) is 16.3. The molecule has 0 spiro atoms. The summed E-state index contributed by atoms with van der Waals surface area (Å²) in [6.07, 6.45) is 0. The second kappa shape index (κ2) is 8.53. The summed E-state index contributed by atoms with van der Waals surface area (Å²) in [5.41, 5.74) is 0.707. The number of nitrogens with one attached hydrogen (secondary N) is 1. The van der Waals surface area contributed by atoms with E-state index in [0.717, 1.165) is 5.56 Å². The number of alkyl halides is 1. The fourth-order valence-corrected chi connectivity index (χ4v) is 3.70. The van der Waals surface area contributed by atoms with E-state index in [1.54, 1.807) is 38.1 Å². The van der Waals surface area contributed by atoms with Crippen LogP contribution in [0.4, 0.5) is 5.69 Å². The van der Waals surface area contributed by atoms with Gasteiger partial charge in [-0.1, -0.05) is 70.6 Å². The zero-order valence-corrected chi connectivity index (χ0v) is 18.5. The average Bonchev–Trinajstić information content (AvgIpc) is 2.68. The molecule has 0 saturated heterocycles. The molecule has 1 aliphatic rings. The summed E-state index contributed by atoms with van der Waals surface area (Å²) in [5, 5.41) is 3.35. The summed E-state index contributed by atoms with van der Waals surface area (Å²) in [4.78, 5) is 27.7. The van der Waals surface area contributed by atoms with Crippen molar-refractivity contribution in [3.8, 4) is 0 Å². The Morgan fingerprint density at radius 2 is 1.93 bits per heavy atom. The Morgan fingerprint density at radius 1 is 1.21 bits per heavy atom. The van der Waals surface area contributed by atoms with Gasteiger partial charge >= 0.3 is 0 Å². The molecule has 146 valence electrons. The fourth-order valence-electron chi connectivity index (χ4n) is 2.91. The van der Waals surface area contributed by atoms with Crippen LogP contribution in [0.5, 0.6) is 0 Å². The van der Waals surface area contributed by atoms with Crippen molar-refractivity contribution in [1.29, 1.82) is 0 Å². The van der Waals surface area contributed by atoms with Crippen LogP contribution in [0.3, 0.4) is 0 Å². The van der Waals surface area contributed by atoms with E-state index < -0.39 is 5.54 Å². The molecule has 3 rings (SSSR count). The molecule has 0 atom stereocenters. The minimum atomic E-state index is -1.13. The number of rotatable bonds is 5. The third-order valence-corrected chi connectivity index (χ3v) is 5.53. The minimum Gasteiger partial charge on any atom is -0.476 e. The van der Waals surface area contributed by atoms with Gasteiger partial charge in [0, 0.05) is 10.7 Å². The Balaban J connectivity index is 1.89. The van der Waals surface area contributed by atoms with Gasteiger partial charge in [0.15, 0.2) is 6.73 Å². The number of anilines is 1. The molecule has 0 aromatic heterocycles. The standard InChI is InChI=1S/C21H20ClIN2O3/c1-21(2,20(27)24-16-10-6-9-15(22)11-16)25-13-28-17(12-23)18(19(25)26)14-7-4-3-5-8-14/h3-11H,12-13H2,1-2H3,(H,24,27). The summed E-state index contributed by atoms with van der Waals surface area (Å²) < 4.78 is 6.43. The van der Waals surface area contributed by atoms with Gasteiger partial charge in [0.25, 0.3) is 5.91 Å². The topological polar surface area (TPSA) is 58.6 Å². The Bertz CT molecular complexity index is 928. The highest BCUT2D eigenvalue weighted by Gasteiger charge is 2.42. The molecular formula is C21H20ClIN2O3. The van der Waals surface area contributed by atoms with Crippen LogP contribution < -0.4 is 5.32 Å². The zero-order chi connectivity index (χ0) is 20.3. The van der Waals surface area contributed by atoms with Gasteiger partial charge in [-0.25, -0.2) is 0 Å². The minimum absolute atomic E-state index is 0.0173.